The summed E-state index contributed by atoms with van der Waals surface area (Å²) >= 11 is 0. The maximum atomic E-state index is 12.2. The number of carbonyl (C=O) groups excluding carboxylic acids is 3. The van der Waals surface area contributed by atoms with Gasteiger partial charge in [0, 0.05) is 11.4 Å². The van der Waals surface area contributed by atoms with Crippen LogP contribution in [0.3, 0.4) is 0 Å². The van der Waals surface area contributed by atoms with Crippen molar-refractivity contribution >= 4 is 29.1 Å². The second-order valence-corrected chi connectivity index (χ2v) is 6.65. The van der Waals surface area contributed by atoms with Crippen LogP contribution in [0.5, 0.6) is 0 Å². The molecule has 0 fully saturated rings. The zero-order valence-electron chi connectivity index (χ0n) is 16.0. The molecule has 0 aliphatic carbocycles. The Labute approximate surface area is 162 Å². The van der Waals surface area contributed by atoms with Crippen molar-refractivity contribution < 1.29 is 14.4 Å². The smallest absolute Gasteiger partial charge is 0.249 e. The van der Waals surface area contributed by atoms with E-state index in [1.54, 1.807) is 31.2 Å². The molecule has 0 spiro atoms. The summed E-state index contributed by atoms with van der Waals surface area (Å²) in [7, 11) is 0. The zero-order valence-corrected chi connectivity index (χ0v) is 16.0. The lowest BCUT2D eigenvalue weighted by Gasteiger charge is -2.15. The molecule has 0 radical (unpaired) electrons. The highest BCUT2D eigenvalue weighted by molar-refractivity contribution is 5.96. The van der Waals surface area contributed by atoms with E-state index in [4.69, 9.17) is 5.73 Å². The Bertz CT molecular complexity index is 803. The molecule has 1 aromatic carbocycles. The first-order valence-electron chi connectivity index (χ1n) is 8.86. The van der Waals surface area contributed by atoms with Crippen LogP contribution in [-0.4, -0.2) is 45.1 Å². The van der Waals surface area contributed by atoms with E-state index in [1.165, 1.54) is 17.3 Å². The fourth-order valence-electron chi connectivity index (χ4n) is 2.21. The van der Waals surface area contributed by atoms with Gasteiger partial charge < -0.3 is 21.7 Å². The van der Waals surface area contributed by atoms with Crippen LogP contribution in [0.25, 0.3) is 0 Å². The molecule has 10 nitrogen and oxygen atoms in total. The van der Waals surface area contributed by atoms with Crippen molar-refractivity contribution in [3.8, 4) is 0 Å². The summed E-state index contributed by atoms with van der Waals surface area (Å²) in [5.41, 5.74) is 6.83. The molecule has 150 valence electrons. The number of aromatic nitrogens is 3. The summed E-state index contributed by atoms with van der Waals surface area (Å²) in [4.78, 5) is 39.7. The van der Waals surface area contributed by atoms with Crippen molar-refractivity contribution in [2.45, 2.75) is 32.9 Å². The third-order valence-electron chi connectivity index (χ3n) is 4.09. The average molecular weight is 387 g/mol. The standard InChI is InChI=1S/C18H25N7O3/c1-11(2)16(19)18(28)21-8-15(26)23-13-4-6-14(7-5-13)24-17(27)12(3)25-10-20-9-22-25/h4-7,9-12,16H,8,19H2,1-3H3,(H,21,28)(H,23,26)(H,24,27)/t12?,16-/m0/s1. The van der Waals surface area contributed by atoms with Crippen molar-refractivity contribution in [1.29, 1.82) is 0 Å². The molecule has 1 unspecified atom stereocenters. The molecule has 2 aromatic rings. The Morgan fingerprint density at radius 2 is 1.64 bits per heavy atom. The van der Waals surface area contributed by atoms with Gasteiger partial charge in [-0.15, -0.1) is 0 Å². The van der Waals surface area contributed by atoms with E-state index in [0.29, 0.717) is 11.4 Å². The van der Waals surface area contributed by atoms with Gasteiger partial charge in [0.15, 0.2) is 0 Å². The predicted molar refractivity (Wildman–Crippen MR) is 104 cm³/mol. The molecule has 0 aliphatic heterocycles. The highest BCUT2D eigenvalue weighted by Gasteiger charge is 2.18. The molecule has 0 aliphatic rings. The molecule has 0 saturated carbocycles. The molecule has 0 bridgehead atoms. The van der Waals surface area contributed by atoms with E-state index < -0.39 is 12.1 Å². The molecule has 3 amide bonds. The average Bonchev–Trinajstić information content (AvgIpc) is 3.21. The van der Waals surface area contributed by atoms with Crippen LogP contribution in [0.1, 0.15) is 26.8 Å². The second kappa shape index (κ2) is 9.60. The lowest BCUT2D eigenvalue weighted by Crippen LogP contribution is -2.46. The zero-order chi connectivity index (χ0) is 20.7. The van der Waals surface area contributed by atoms with Gasteiger partial charge in [0.05, 0.1) is 12.6 Å². The van der Waals surface area contributed by atoms with Gasteiger partial charge in [-0.25, -0.2) is 9.67 Å². The summed E-state index contributed by atoms with van der Waals surface area (Å²) in [6.45, 7) is 5.19. The van der Waals surface area contributed by atoms with Crippen LogP contribution < -0.4 is 21.7 Å². The lowest BCUT2D eigenvalue weighted by molar-refractivity contribution is -0.125. The molecule has 2 rings (SSSR count). The summed E-state index contributed by atoms with van der Waals surface area (Å²) in [5.74, 6) is -1.00. The molecule has 1 heterocycles. The number of anilines is 2. The summed E-state index contributed by atoms with van der Waals surface area (Å²) in [6.07, 6.45) is 2.83. The van der Waals surface area contributed by atoms with Crippen LogP contribution in [0.2, 0.25) is 0 Å². The van der Waals surface area contributed by atoms with Crippen molar-refractivity contribution in [3.63, 3.8) is 0 Å². The van der Waals surface area contributed by atoms with Crippen molar-refractivity contribution in [2.75, 3.05) is 17.2 Å². The lowest BCUT2D eigenvalue weighted by atomic mass is 10.1. The van der Waals surface area contributed by atoms with E-state index in [2.05, 4.69) is 26.0 Å². The highest BCUT2D eigenvalue weighted by Crippen LogP contribution is 2.15. The van der Waals surface area contributed by atoms with Gasteiger partial charge in [-0.05, 0) is 37.1 Å². The number of carbonyl (C=O) groups is 3. The quantitative estimate of drug-likeness (QED) is 0.520. The molecule has 2 atom stereocenters. The van der Waals surface area contributed by atoms with Gasteiger partial charge in [-0.3, -0.25) is 14.4 Å². The highest BCUT2D eigenvalue weighted by atomic mass is 16.2. The van der Waals surface area contributed by atoms with E-state index in [9.17, 15) is 14.4 Å². The molecule has 0 saturated heterocycles. The Balaban J connectivity index is 1.82. The molecule has 1 aromatic heterocycles. The second-order valence-electron chi connectivity index (χ2n) is 6.65. The number of rotatable bonds is 8. The number of benzene rings is 1. The van der Waals surface area contributed by atoms with Gasteiger partial charge in [0.25, 0.3) is 0 Å². The van der Waals surface area contributed by atoms with Gasteiger partial charge in [0.1, 0.15) is 18.7 Å². The molecular weight excluding hydrogens is 362 g/mol. The fraction of sp³-hybridized carbons (Fsp3) is 0.389. The maximum absolute atomic E-state index is 12.2. The SMILES string of the molecule is CC(C)[C@H](N)C(=O)NCC(=O)Nc1ccc(NC(=O)C(C)n2cncn2)cc1. The van der Waals surface area contributed by atoms with Gasteiger partial charge in [-0.2, -0.15) is 5.10 Å². The number of nitrogens with one attached hydrogen (secondary N) is 3. The summed E-state index contributed by atoms with van der Waals surface area (Å²) in [6, 6.07) is 5.45. The van der Waals surface area contributed by atoms with Gasteiger partial charge in [0.2, 0.25) is 17.7 Å². The van der Waals surface area contributed by atoms with Crippen LogP contribution >= 0.6 is 0 Å². The third kappa shape index (κ3) is 5.88. The first kappa shape index (κ1) is 21.0. The van der Waals surface area contributed by atoms with Crippen LogP contribution in [0, 0.1) is 5.92 Å². The van der Waals surface area contributed by atoms with Crippen LogP contribution in [0.4, 0.5) is 11.4 Å². The monoisotopic (exact) mass is 387 g/mol. The maximum Gasteiger partial charge on any atom is 0.249 e. The van der Waals surface area contributed by atoms with E-state index in [-0.39, 0.29) is 30.2 Å². The minimum absolute atomic E-state index is 0.0157. The molecule has 5 N–H and O–H groups in total. The Kier molecular flexibility index (Phi) is 7.21. The number of hydrogen-bond donors (Lipinski definition) is 4. The predicted octanol–water partition coefficient (Wildman–Crippen LogP) is 0.516. The van der Waals surface area contributed by atoms with Crippen molar-refractivity contribution in [1.82, 2.24) is 20.1 Å². The first-order valence-corrected chi connectivity index (χ1v) is 8.86. The van der Waals surface area contributed by atoms with Crippen LogP contribution in [0.15, 0.2) is 36.9 Å². The number of hydrogen-bond acceptors (Lipinski definition) is 6. The largest absolute Gasteiger partial charge is 0.346 e. The fourth-order valence-corrected chi connectivity index (χ4v) is 2.21. The van der Waals surface area contributed by atoms with E-state index in [0.717, 1.165) is 0 Å². The molecule has 28 heavy (non-hydrogen) atoms. The Morgan fingerprint density at radius 1 is 1.04 bits per heavy atom. The Hall–Kier alpha value is -3.27. The van der Waals surface area contributed by atoms with Crippen molar-refractivity contribution in [2.24, 2.45) is 11.7 Å². The van der Waals surface area contributed by atoms with Crippen molar-refractivity contribution in [3.05, 3.63) is 36.9 Å². The number of nitrogens with two attached hydrogens (primary N) is 1. The van der Waals surface area contributed by atoms with E-state index in [1.807, 2.05) is 13.8 Å². The number of nitrogens with zero attached hydrogens (tertiary/aromatic N) is 3. The minimum Gasteiger partial charge on any atom is -0.346 e. The third-order valence-corrected chi connectivity index (χ3v) is 4.09. The minimum atomic E-state index is -0.657. The summed E-state index contributed by atoms with van der Waals surface area (Å²) < 4.78 is 1.45. The Morgan fingerprint density at radius 3 is 2.18 bits per heavy atom. The molecule has 10 heteroatoms. The molecular formula is C18H25N7O3. The van der Waals surface area contributed by atoms with Crippen LogP contribution in [-0.2, 0) is 14.4 Å². The normalized spacial score (nSPS) is 12.9. The topological polar surface area (TPSA) is 144 Å². The van der Waals surface area contributed by atoms with Gasteiger partial charge >= 0.3 is 0 Å². The van der Waals surface area contributed by atoms with E-state index >= 15 is 0 Å². The summed E-state index contributed by atoms with van der Waals surface area (Å²) in [5, 5.41) is 11.9. The number of amides is 3. The first-order chi connectivity index (χ1) is 13.3. The van der Waals surface area contributed by atoms with Gasteiger partial charge in [-0.1, -0.05) is 13.8 Å².